The second kappa shape index (κ2) is 8.22. The Labute approximate surface area is 127 Å². The SMILES string of the molecule is CCN(Cc1ccccn1)C(=O)[C@H]1CCN[C@@H](C)C1.Cl. The summed E-state index contributed by atoms with van der Waals surface area (Å²) in [5, 5.41) is 3.39. The molecule has 1 aromatic heterocycles. The van der Waals surface area contributed by atoms with Gasteiger partial charge in [0.15, 0.2) is 0 Å². The summed E-state index contributed by atoms with van der Waals surface area (Å²) in [4.78, 5) is 18.8. The summed E-state index contributed by atoms with van der Waals surface area (Å²) >= 11 is 0. The molecule has 0 spiro atoms. The van der Waals surface area contributed by atoms with Crippen LogP contribution in [-0.4, -0.2) is 34.9 Å². The largest absolute Gasteiger partial charge is 0.337 e. The zero-order chi connectivity index (χ0) is 13.7. The van der Waals surface area contributed by atoms with Gasteiger partial charge in [0, 0.05) is 24.7 Å². The van der Waals surface area contributed by atoms with Gasteiger partial charge in [-0.25, -0.2) is 0 Å². The number of carbonyl (C=O) groups excluding carboxylic acids is 1. The smallest absolute Gasteiger partial charge is 0.226 e. The number of amides is 1. The van der Waals surface area contributed by atoms with Crippen LogP contribution in [0.5, 0.6) is 0 Å². The minimum atomic E-state index is 0. The molecule has 20 heavy (non-hydrogen) atoms. The lowest BCUT2D eigenvalue weighted by molar-refractivity contribution is -0.137. The van der Waals surface area contributed by atoms with E-state index in [-0.39, 0.29) is 24.2 Å². The fraction of sp³-hybridized carbons (Fsp3) is 0.600. The van der Waals surface area contributed by atoms with Crippen molar-refractivity contribution in [2.45, 2.75) is 39.3 Å². The first-order chi connectivity index (χ1) is 9.20. The van der Waals surface area contributed by atoms with E-state index in [0.717, 1.165) is 31.6 Å². The van der Waals surface area contributed by atoms with Gasteiger partial charge in [-0.2, -0.15) is 0 Å². The standard InChI is InChI=1S/C15H23N3O.ClH/c1-3-18(11-14-6-4-5-8-17-14)15(19)13-7-9-16-12(2)10-13;/h4-6,8,12-13,16H,3,7,9-11H2,1-2H3;1H/t12-,13-;/m0./s1. The minimum absolute atomic E-state index is 0. The average molecular weight is 298 g/mol. The van der Waals surface area contributed by atoms with Crippen LogP contribution < -0.4 is 5.32 Å². The maximum atomic E-state index is 12.5. The zero-order valence-corrected chi connectivity index (χ0v) is 13.0. The third-order valence-corrected chi connectivity index (χ3v) is 3.75. The molecule has 0 saturated carbocycles. The van der Waals surface area contributed by atoms with Crippen LogP contribution in [0, 0.1) is 5.92 Å². The van der Waals surface area contributed by atoms with E-state index in [9.17, 15) is 4.79 Å². The van der Waals surface area contributed by atoms with E-state index in [1.807, 2.05) is 30.0 Å². The molecule has 1 saturated heterocycles. The lowest BCUT2D eigenvalue weighted by atomic mass is 9.92. The number of pyridine rings is 1. The Hall–Kier alpha value is -1.13. The summed E-state index contributed by atoms with van der Waals surface area (Å²) in [5.41, 5.74) is 0.958. The van der Waals surface area contributed by atoms with Crippen molar-refractivity contribution in [2.24, 2.45) is 5.92 Å². The van der Waals surface area contributed by atoms with E-state index >= 15 is 0 Å². The molecule has 0 radical (unpaired) electrons. The van der Waals surface area contributed by atoms with Gasteiger partial charge in [-0.05, 0) is 45.4 Å². The Bertz CT molecular complexity index is 413. The highest BCUT2D eigenvalue weighted by molar-refractivity contribution is 5.85. The number of hydrogen-bond acceptors (Lipinski definition) is 3. The molecular formula is C15H24ClN3O. The van der Waals surface area contributed by atoms with Crippen LogP contribution >= 0.6 is 12.4 Å². The van der Waals surface area contributed by atoms with Crippen molar-refractivity contribution in [2.75, 3.05) is 13.1 Å². The van der Waals surface area contributed by atoms with E-state index in [1.54, 1.807) is 6.20 Å². The van der Waals surface area contributed by atoms with Crippen molar-refractivity contribution < 1.29 is 4.79 Å². The number of carbonyl (C=O) groups is 1. The first-order valence-corrected chi connectivity index (χ1v) is 7.12. The lowest BCUT2D eigenvalue weighted by Crippen LogP contribution is -2.44. The van der Waals surface area contributed by atoms with Gasteiger partial charge in [0.1, 0.15) is 0 Å². The van der Waals surface area contributed by atoms with Crippen molar-refractivity contribution in [3.05, 3.63) is 30.1 Å². The Morgan fingerprint density at radius 2 is 2.30 bits per heavy atom. The predicted molar refractivity (Wildman–Crippen MR) is 82.8 cm³/mol. The summed E-state index contributed by atoms with van der Waals surface area (Å²) in [5.74, 6) is 0.446. The van der Waals surface area contributed by atoms with E-state index in [1.165, 1.54) is 0 Å². The molecule has 5 heteroatoms. The maximum Gasteiger partial charge on any atom is 0.226 e. The normalized spacial score (nSPS) is 21.9. The van der Waals surface area contributed by atoms with E-state index in [0.29, 0.717) is 12.6 Å². The van der Waals surface area contributed by atoms with Crippen LogP contribution in [0.2, 0.25) is 0 Å². The summed E-state index contributed by atoms with van der Waals surface area (Å²) in [6, 6.07) is 6.28. The number of rotatable bonds is 4. The van der Waals surface area contributed by atoms with Crippen molar-refractivity contribution >= 4 is 18.3 Å². The molecule has 0 unspecified atom stereocenters. The molecule has 4 nitrogen and oxygen atoms in total. The van der Waals surface area contributed by atoms with Crippen LogP contribution in [0.15, 0.2) is 24.4 Å². The second-order valence-corrected chi connectivity index (χ2v) is 5.25. The molecular weight excluding hydrogens is 274 g/mol. The number of aromatic nitrogens is 1. The molecule has 1 aromatic rings. The number of hydrogen-bond donors (Lipinski definition) is 1. The van der Waals surface area contributed by atoms with E-state index < -0.39 is 0 Å². The molecule has 1 fully saturated rings. The Morgan fingerprint density at radius 3 is 2.90 bits per heavy atom. The van der Waals surface area contributed by atoms with Crippen molar-refractivity contribution in [3.63, 3.8) is 0 Å². The first-order valence-electron chi connectivity index (χ1n) is 7.12. The zero-order valence-electron chi connectivity index (χ0n) is 12.2. The minimum Gasteiger partial charge on any atom is -0.337 e. The fourth-order valence-corrected chi connectivity index (χ4v) is 2.65. The second-order valence-electron chi connectivity index (χ2n) is 5.25. The molecule has 0 bridgehead atoms. The van der Waals surface area contributed by atoms with Crippen LogP contribution in [0.1, 0.15) is 32.4 Å². The monoisotopic (exact) mass is 297 g/mol. The van der Waals surface area contributed by atoms with Crippen molar-refractivity contribution in [1.29, 1.82) is 0 Å². The fourth-order valence-electron chi connectivity index (χ4n) is 2.65. The highest BCUT2D eigenvalue weighted by atomic mass is 35.5. The molecule has 1 N–H and O–H groups in total. The molecule has 112 valence electrons. The van der Waals surface area contributed by atoms with Gasteiger partial charge in [0.2, 0.25) is 5.91 Å². The number of halogens is 1. The van der Waals surface area contributed by atoms with Crippen LogP contribution in [0.3, 0.4) is 0 Å². The molecule has 0 aliphatic carbocycles. The molecule has 0 aromatic carbocycles. The van der Waals surface area contributed by atoms with E-state index in [4.69, 9.17) is 0 Å². The first kappa shape index (κ1) is 16.9. The molecule has 1 aliphatic rings. The average Bonchev–Trinajstić information content (AvgIpc) is 2.45. The highest BCUT2D eigenvalue weighted by Gasteiger charge is 2.27. The number of piperidine rings is 1. The summed E-state index contributed by atoms with van der Waals surface area (Å²) in [7, 11) is 0. The number of nitrogens with zero attached hydrogens (tertiary/aromatic N) is 2. The Kier molecular flexibility index (Phi) is 6.96. The molecule has 2 heterocycles. The van der Waals surface area contributed by atoms with Gasteiger partial charge in [0.25, 0.3) is 0 Å². The quantitative estimate of drug-likeness (QED) is 0.927. The van der Waals surface area contributed by atoms with Gasteiger partial charge >= 0.3 is 0 Å². The third-order valence-electron chi connectivity index (χ3n) is 3.75. The summed E-state index contributed by atoms with van der Waals surface area (Å²) in [6.45, 7) is 6.49. The van der Waals surface area contributed by atoms with Gasteiger partial charge in [-0.15, -0.1) is 12.4 Å². The van der Waals surface area contributed by atoms with Gasteiger partial charge in [-0.1, -0.05) is 6.07 Å². The van der Waals surface area contributed by atoms with Crippen molar-refractivity contribution in [3.8, 4) is 0 Å². The van der Waals surface area contributed by atoms with Crippen molar-refractivity contribution in [1.82, 2.24) is 15.2 Å². The third kappa shape index (κ3) is 4.46. The van der Waals surface area contributed by atoms with Gasteiger partial charge in [0.05, 0.1) is 12.2 Å². The Morgan fingerprint density at radius 1 is 1.50 bits per heavy atom. The van der Waals surface area contributed by atoms with Gasteiger partial charge < -0.3 is 10.2 Å². The molecule has 1 amide bonds. The summed E-state index contributed by atoms with van der Waals surface area (Å²) < 4.78 is 0. The molecule has 1 aliphatic heterocycles. The van der Waals surface area contributed by atoms with Crippen LogP contribution in [0.4, 0.5) is 0 Å². The number of nitrogens with one attached hydrogen (secondary N) is 1. The summed E-state index contributed by atoms with van der Waals surface area (Å²) in [6.07, 6.45) is 3.67. The van der Waals surface area contributed by atoms with Crippen LogP contribution in [0.25, 0.3) is 0 Å². The van der Waals surface area contributed by atoms with E-state index in [2.05, 4.69) is 17.2 Å². The lowest BCUT2D eigenvalue weighted by Gasteiger charge is -2.31. The molecule has 2 atom stereocenters. The maximum absolute atomic E-state index is 12.5. The highest BCUT2D eigenvalue weighted by Crippen LogP contribution is 2.19. The van der Waals surface area contributed by atoms with Gasteiger partial charge in [-0.3, -0.25) is 9.78 Å². The van der Waals surface area contributed by atoms with Crippen LogP contribution in [-0.2, 0) is 11.3 Å². The predicted octanol–water partition coefficient (Wildman–Crippen LogP) is 2.24. The molecule has 2 rings (SSSR count). The Balaban J connectivity index is 0.00000200. The topological polar surface area (TPSA) is 45.2 Å².